The molecule has 0 bridgehead atoms. The minimum Gasteiger partial charge on any atom is -0.480 e. The van der Waals surface area contributed by atoms with Gasteiger partial charge in [0.1, 0.15) is 0 Å². The van der Waals surface area contributed by atoms with Gasteiger partial charge in [0.2, 0.25) is 0 Å². The number of nitrogens with one attached hydrogen (secondary N) is 2. The van der Waals surface area contributed by atoms with Gasteiger partial charge in [-0.05, 0) is 0 Å². The molecule has 4 N–H and O–H groups in total. The van der Waals surface area contributed by atoms with Crippen molar-refractivity contribution >= 4 is 17.7 Å². The van der Waals surface area contributed by atoms with E-state index in [0.29, 0.717) is 5.69 Å². The second kappa shape index (κ2) is 5.12. The van der Waals surface area contributed by atoms with Gasteiger partial charge in [-0.25, -0.2) is 9.59 Å². The van der Waals surface area contributed by atoms with Gasteiger partial charge in [0.05, 0.1) is 18.5 Å². The first kappa shape index (κ1) is 12.0. The maximum absolute atomic E-state index is 11.3. The molecule has 8 heteroatoms. The summed E-state index contributed by atoms with van der Waals surface area (Å²) in [6.45, 7) is -0.671. The molecule has 0 unspecified atom stereocenters. The van der Waals surface area contributed by atoms with Crippen molar-refractivity contribution in [2.75, 3.05) is 11.9 Å². The molecule has 88 valence electrons. The number of hydrogen-bond donors (Lipinski definition) is 4. The minimum absolute atomic E-state index is 0.432. The van der Waals surface area contributed by atoms with Crippen LogP contribution < -0.4 is 10.6 Å². The summed E-state index contributed by atoms with van der Waals surface area (Å²) in [6, 6.07) is -2.04. The molecule has 0 spiro atoms. The molecule has 0 saturated heterocycles. The first-order valence-corrected chi connectivity index (χ1v) is 4.42. The van der Waals surface area contributed by atoms with E-state index in [9.17, 15) is 9.59 Å². The van der Waals surface area contributed by atoms with Crippen LogP contribution in [0.2, 0.25) is 0 Å². The largest absolute Gasteiger partial charge is 0.480 e. The predicted molar refractivity (Wildman–Crippen MR) is 53.9 cm³/mol. The van der Waals surface area contributed by atoms with Crippen molar-refractivity contribution in [1.29, 1.82) is 0 Å². The Kier molecular flexibility index (Phi) is 3.84. The highest BCUT2D eigenvalue weighted by Crippen LogP contribution is 2.02. The second-order valence-electron chi connectivity index (χ2n) is 3.07. The standard InChI is InChI=1S/C8H12N4O4/c1-12-3-5(2-9-12)10-8(16)11-6(4-13)7(14)15/h2-3,6,13H,4H2,1H3,(H,14,15)(H2,10,11,16)/t6-/m1/s1. The van der Waals surface area contributed by atoms with E-state index in [-0.39, 0.29) is 0 Å². The fourth-order valence-corrected chi connectivity index (χ4v) is 0.997. The zero-order valence-electron chi connectivity index (χ0n) is 8.54. The van der Waals surface area contributed by atoms with Crippen molar-refractivity contribution in [3.8, 4) is 0 Å². The van der Waals surface area contributed by atoms with Crippen LogP contribution in [0.5, 0.6) is 0 Å². The maximum Gasteiger partial charge on any atom is 0.328 e. The molecule has 2 amide bonds. The van der Waals surface area contributed by atoms with Gasteiger partial charge in [-0.15, -0.1) is 0 Å². The highest BCUT2D eigenvalue weighted by Gasteiger charge is 2.18. The van der Waals surface area contributed by atoms with Crippen LogP contribution >= 0.6 is 0 Å². The molecule has 1 atom stereocenters. The van der Waals surface area contributed by atoms with Gasteiger partial charge in [0.25, 0.3) is 0 Å². The molecule has 0 aliphatic carbocycles. The third-order valence-electron chi connectivity index (χ3n) is 1.75. The molecule has 1 aromatic rings. The Morgan fingerprint density at radius 3 is 2.75 bits per heavy atom. The number of rotatable bonds is 4. The van der Waals surface area contributed by atoms with E-state index in [4.69, 9.17) is 10.2 Å². The number of urea groups is 1. The molecule has 0 fully saturated rings. The number of aryl methyl sites for hydroxylation is 1. The Balaban J connectivity index is 2.50. The molecular weight excluding hydrogens is 216 g/mol. The van der Waals surface area contributed by atoms with Crippen molar-refractivity contribution in [1.82, 2.24) is 15.1 Å². The highest BCUT2D eigenvalue weighted by atomic mass is 16.4. The number of carbonyl (C=O) groups is 2. The van der Waals surface area contributed by atoms with E-state index >= 15 is 0 Å². The summed E-state index contributed by atoms with van der Waals surface area (Å²) in [5.41, 5.74) is 0.432. The molecule has 1 rings (SSSR count). The number of hydrogen-bond acceptors (Lipinski definition) is 4. The summed E-state index contributed by atoms with van der Waals surface area (Å²) in [4.78, 5) is 21.8. The SMILES string of the molecule is Cn1cc(NC(=O)N[C@H](CO)C(=O)O)cn1. The van der Waals surface area contributed by atoms with Gasteiger partial charge < -0.3 is 20.8 Å². The monoisotopic (exact) mass is 228 g/mol. The number of aliphatic carboxylic acids is 1. The van der Waals surface area contributed by atoms with Crippen LogP contribution in [0.1, 0.15) is 0 Å². The van der Waals surface area contributed by atoms with E-state index in [0.717, 1.165) is 0 Å². The Morgan fingerprint density at radius 2 is 2.31 bits per heavy atom. The fraction of sp³-hybridized carbons (Fsp3) is 0.375. The van der Waals surface area contributed by atoms with Crippen LogP contribution in [0.15, 0.2) is 12.4 Å². The van der Waals surface area contributed by atoms with Crippen LogP contribution in [-0.4, -0.2) is 44.6 Å². The number of nitrogens with zero attached hydrogens (tertiary/aromatic N) is 2. The Morgan fingerprint density at radius 1 is 1.62 bits per heavy atom. The van der Waals surface area contributed by atoms with Crippen molar-refractivity contribution in [2.45, 2.75) is 6.04 Å². The average Bonchev–Trinajstić information content (AvgIpc) is 2.60. The Bertz CT molecular complexity index is 389. The van der Waals surface area contributed by atoms with Gasteiger partial charge in [-0.1, -0.05) is 0 Å². The van der Waals surface area contributed by atoms with Crippen LogP contribution in [0.25, 0.3) is 0 Å². The first-order chi connectivity index (χ1) is 7.52. The number of anilines is 1. The number of aliphatic hydroxyl groups excluding tert-OH is 1. The van der Waals surface area contributed by atoms with Crippen molar-refractivity contribution in [3.05, 3.63) is 12.4 Å². The number of carboxylic acid groups (broad SMARTS) is 1. The molecule has 0 radical (unpaired) electrons. The van der Waals surface area contributed by atoms with Crippen LogP contribution in [0.4, 0.5) is 10.5 Å². The molecule has 1 aromatic heterocycles. The summed E-state index contributed by atoms with van der Waals surface area (Å²) in [7, 11) is 1.68. The molecule has 1 heterocycles. The summed E-state index contributed by atoms with van der Waals surface area (Å²) in [5.74, 6) is -1.30. The molecule has 0 saturated carbocycles. The molecule has 0 aliphatic rings. The minimum atomic E-state index is -1.32. The number of aromatic nitrogens is 2. The number of aliphatic hydroxyl groups is 1. The van der Waals surface area contributed by atoms with Crippen molar-refractivity contribution in [2.24, 2.45) is 7.05 Å². The Hall–Kier alpha value is -2.09. The lowest BCUT2D eigenvalue weighted by Crippen LogP contribution is -2.45. The molecule has 0 aliphatic heterocycles. The zero-order valence-corrected chi connectivity index (χ0v) is 8.54. The third-order valence-corrected chi connectivity index (χ3v) is 1.75. The maximum atomic E-state index is 11.3. The summed E-state index contributed by atoms with van der Waals surface area (Å²) >= 11 is 0. The average molecular weight is 228 g/mol. The van der Waals surface area contributed by atoms with E-state index in [1.54, 1.807) is 13.2 Å². The first-order valence-electron chi connectivity index (χ1n) is 4.42. The van der Waals surface area contributed by atoms with Gasteiger partial charge in [-0.2, -0.15) is 5.10 Å². The third kappa shape index (κ3) is 3.24. The van der Waals surface area contributed by atoms with Gasteiger partial charge >= 0.3 is 12.0 Å². The molecule has 0 aromatic carbocycles. The number of carbonyl (C=O) groups excluding carboxylic acids is 1. The summed E-state index contributed by atoms with van der Waals surface area (Å²) in [5, 5.41) is 25.5. The van der Waals surface area contributed by atoms with Gasteiger partial charge in [-0.3, -0.25) is 4.68 Å². The quantitative estimate of drug-likeness (QED) is 0.526. The van der Waals surface area contributed by atoms with Crippen LogP contribution in [-0.2, 0) is 11.8 Å². The van der Waals surface area contributed by atoms with E-state index < -0.39 is 24.6 Å². The lowest BCUT2D eigenvalue weighted by molar-refractivity contribution is -0.140. The molecular formula is C8H12N4O4. The topological polar surface area (TPSA) is 116 Å². The summed E-state index contributed by atoms with van der Waals surface area (Å²) < 4.78 is 1.48. The van der Waals surface area contributed by atoms with Gasteiger partial charge in [0.15, 0.2) is 6.04 Å². The molecule has 8 nitrogen and oxygen atoms in total. The zero-order chi connectivity index (χ0) is 12.1. The van der Waals surface area contributed by atoms with E-state index in [1.807, 2.05) is 0 Å². The lowest BCUT2D eigenvalue weighted by atomic mass is 10.3. The predicted octanol–water partition coefficient (Wildman–Crippen LogP) is -1.01. The fourth-order valence-electron chi connectivity index (χ4n) is 0.997. The second-order valence-corrected chi connectivity index (χ2v) is 3.07. The number of amides is 2. The smallest absolute Gasteiger partial charge is 0.328 e. The Labute approximate surface area is 90.9 Å². The summed E-state index contributed by atoms with van der Waals surface area (Å²) in [6.07, 6.45) is 2.96. The van der Waals surface area contributed by atoms with Crippen molar-refractivity contribution in [3.63, 3.8) is 0 Å². The highest BCUT2D eigenvalue weighted by molar-refractivity contribution is 5.92. The van der Waals surface area contributed by atoms with E-state index in [1.165, 1.54) is 10.9 Å². The van der Waals surface area contributed by atoms with E-state index in [2.05, 4.69) is 15.7 Å². The van der Waals surface area contributed by atoms with Crippen molar-refractivity contribution < 1.29 is 19.8 Å². The number of carboxylic acids is 1. The normalized spacial score (nSPS) is 11.9. The lowest BCUT2D eigenvalue weighted by Gasteiger charge is -2.11. The molecule has 16 heavy (non-hydrogen) atoms. The van der Waals surface area contributed by atoms with Gasteiger partial charge in [0, 0.05) is 13.2 Å². The van der Waals surface area contributed by atoms with Crippen LogP contribution in [0.3, 0.4) is 0 Å². The van der Waals surface area contributed by atoms with Crippen LogP contribution in [0, 0.1) is 0 Å².